The molecule has 0 aromatic carbocycles. The maximum Gasteiger partial charge on any atom is 0.426 e. The number of halogens is 8. The highest BCUT2D eigenvalue weighted by Crippen LogP contribution is 2.23. The summed E-state index contributed by atoms with van der Waals surface area (Å²) in [5, 5.41) is 0. The molecule has 0 aliphatic carbocycles. The van der Waals surface area contributed by atoms with Gasteiger partial charge in [0.05, 0.1) is 0 Å². The zero-order chi connectivity index (χ0) is 11.6. The van der Waals surface area contributed by atoms with Crippen LogP contribution in [0.5, 0.6) is 0 Å². The largest absolute Gasteiger partial charge is 0.426 e. The predicted molar refractivity (Wildman–Crippen MR) is 38.7 cm³/mol. The molecule has 0 amide bonds. The summed E-state index contributed by atoms with van der Waals surface area (Å²) >= 11 is 8.08. The van der Waals surface area contributed by atoms with Crippen molar-refractivity contribution >= 4 is 35.1 Å². The van der Waals surface area contributed by atoms with Crippen LogP contribution in [0, 0.1) is 0 Å². The molecule has 0 heterocycles. The minimum Gasteiger partial charge on any atom is -0.180 e. The minimum atomic E-state index is -4.45. The Morgan fingerprint density at radius 3 is 1.14 bits per heavy atom. The van der Waals surface area contributed by atoms with Crippen LogP contribution < -0.4 is 0 Å². The van der Waals surface area contributed by atoms with Crippen molar-refractivity contribution in [2.75, 3.05) is 0 Å². The van der Waals surface area contributed by atoms with E-state index >= 15 is 0 Å². The van der Waals surface area contributed by atoms with E-state index in [2.05, 4.69) is 23.2 Å². The molecule has 10 heteroatoms. The fourth-order valence-corrected chi connectivity index (χ4v) is 0.463. The topological polar surface area (TPSA) is 24.7 Å². The van der Waals surface area contributed by atoms with Gasteiger partial charge in [-0.25, -0.2) is 0 Å². The van der Waals surface area contributed by atoms with Crippen LogP contribution >= 0.6 is 23.2 Å². The number of hydrogen-bond donors (Lipinski definition) is 0. The fourth-order valence-electron chi connectivity index (χ4n) is 0.315. The molecule has 0 saturated heterocycles. The van der Waals surface area contributed by atoms with E-state index in [1.807, 2.05) is 0 Å². The van der Waals surface area contributed by atoms with E-state index in [-0.39, 0.29) is 0 Å². The van der Waals surface area contributed by atoms with Gasteiger partial charge >= 0.3 is 11.0 Å². The lowest BCUT2D eigenvalue weighted by Crippen LogP contribution is -2.14. The molecule has 0 aliphatic heterocycles. The molecule has 0 N–H and O–H groups in total. The van der Waals surface area contributed by atoms with Crippen LogP contribution in [0.3, 0.4) is 0 Å². The summed E-state index contributed by atoms with van der Waals surface area (Å²) in [4.78, 5) is 3.16. The third kappa shape index (κ3) is 6.96. The van der Waals surface area contributed by atoms with E-state index in [1.165, 1.54) is 0 Å². The summed E-state index contributed by atoms with van der Waals surface area (Å²) in [7, 11) is 0. The van der Waals surface area contributed by atoms with Crippen LogP contribution in [-0.2, 0) is 0 Å². The van der Waals surface area contributed by atoms with Crippen molar-refractivity contribution in [2.45, 2.75) is 11.0 Å². The number of nitrogens with zero attached hydrogens (tertiary/aromatic N) is 2. The van der Waals surface area contributed by atoms with Gasteiger partial charge in [0.2, 0.25) is 0 Å². The second-order valence-electron chi connectivity index (χ2n) is 1.74. The average Bonchev–Trinajstić information content (AvgIpc) is 1.78. The first-order valence-corrected chi connectivity index (χ1v) is 3.41. The van der Waals surface area contributed by atoms with Crippen LogP contribution in [0.2, 0.25) is 0 Å². The second-order valence-corrected chi connectivity index (χ2v) is 2.65. The van der Waals surface area contributed by atoms with Crippen molar-refractivity contribution in [1.29, 1.82) is 0 Å². The van der Waals surface area contributed by atoms with Crippen molar-refractivity contribution in [1.82, 2.24) is 0 Å². The first-order chi connectivity index (χ1) is 6.01. The molecule has 0 spiro atoms. The van der Waals surface area contributed by atoms with Gasteiger partial charge in [-0.2, -0.15) is 36.3 Å². The Kier molecular flexibility index (Phi) is 4.19. The van der Waals surface area contributed by atoms with Crippen molar-refractivity contribution in [3.8, 4) is 0 Å². The van der Waals surface area contributed by atoms with E-state index in [0.717, 1.165) is 0 Å². The fraction of sp³-hybridized carbons (Fsp3) is 0.500. The molecule has 0 saturated carbocycles. The lowest BCUT2D eigenvalue weighted by Gasteiger charge is -2.01. The van der Waals surface area contributed by atoms with E-state index in [0.29, 0.717) is 0 Å². The summed E-state index contributed by atoms with van der Waals surface area (Å²) < 4.78 is 70.9. The molecule has 0 aromatic heterocycles. The molecule has 0 aliphatic rings. The highest BCUT2D eigenvalue weighted by Gasteiger charge is 2.30. The van der Waals surface area contributed by atoms with Gasteiger partial charge in [0.15, 0.2) is 0 Å². The van der Waals surface area contributed by atoms with Gasteiger partial charge in [-0.3, -0.25) is 0 Å². The van der Waals surface area contributed by atoms with Crippen LogP contribution in [0.25, 0.3) is 0 Å². The highest BCUT2D eigenvalue weighted by atomic mass is 35.5. The third-order valence-corrected chi connectivity index (χ3v) is 0.789. The minimum absolute atomic E-state index is 1.58. The summed E-state index contributed by atoms with van der Waals surface area (Å²) in [5.74, 6) is -5.16. The van der Waals surface area contributed by atoms with Crippen molar-refractivity contribution in [3.63, 3.8) is 0 Å². The van der Waals surface area contributed by atoms with Gasteiger partial charge in [0, 0.05) is 0 Å². The van der Waals surface area contributed by atoms with Crippen molar-refractivity contribution in [3.05, 3.63) is 0 Å². The van der Waals surface area contributed by atoms with Gasteiger partial charge in [-0.15, -0.1) is 0 Å². The monoisotopic (exact) mass is 260 g/mol. The van der Waals surface area contributed by atoms with Gasteiger partial charge in [0.25, 0.3) is 11.9 Å². The molecule has 2 nitrogen and oxygen atoms in total. The Labute approximate surface area is 83.2 Å². The third-order valence-electron chi connectivity index (χ3n) is 0.620. The van der Waals surface area contributed by atoms with Crippen LogP contribution in [-0.4, -0.2) is 22.9 Å². The number of aliphatic imine (C=N–C) groups is 2. The Morgan fingerprint density at radius 2 is 1.00 bits per heavy atom. The lowest BCUT2D eigenvalue weighted by atomic mass is 10.7. The average molecular weight is 261 g/mol. The highest BCUT2D eigenvalue weighted by molar-refractivity contribution is 6.36. The summed E-state index contributed by atoms with van der Waals surface area (Å²) in [6.45, 7) is 0. The number of hydrogen-bond acceptors (Lipinski definition) is 2. The molecule has 0 fully saturated rings. The molecular weight excluding hydrogens is 261 g/mol. The van der Waals surface area contributed by atoms with Gasteiger partial charge in [-0.05, 0) is 23.2 Å². The number of alkyl halides is 6. The van der Waals surface area contributed by atoms with Gasteiger partial charge < -0.3 is 0 Å². The Hall–Kier alpha value is -0.500. The van der Waals surface area contributed by atoms with Crippen molar-refractivity contribution in [2.24, 2.45) is 9.98 Å². The standard InChI is InChI=1S/C4Cl2F6N2/c5-3(9,10)13-1(7)2(8)14-4(6,11)12/b13-1-,14-2-. The van der Waals surface area contributed by atoms with E-state index < -0.39 is 22.9 Å². The maximum absolute atomic E-state index is 12.1. The summed E-state index contributed by atoms with van der Waals surface area (Å²) in [5.41, 5.74) is -8.89. The van der Waals surface area contributed by atoms with Gasteiger partial charge in [0.1, 0.15) is 0 Å². The Morgan fingerprint density at radius 1 is 0.786 bits per heavy atom. The molecule has 0 rings (SSSR count). The van der Waals surface area contributed by atoms with Crippen LogP contribution in [0.15, 0.2) is 9.98 Å². The zero-order valence-corrected chi connectivity index (χ0v) is 7.43. The quantitative estimate of drug-likeness (QED) is 0.322. The smallest absolute Gasteiger partial charge is 0.180 e. The van der Waals surface area contributed by atoms with Crippen molar-refractivity contribution < 1.29 is 26.3 Å². The molecule has 0 aromatic rings. The SMILES string of the molecule is FC(=N\C(F)(F)Cl)/C(F)=N/C(F)(F)Cl. The summed E-state index contributed by atoms with van der Waals surface area (Å²) in [6, 6.07) is 0. The van der Waals surface area contributed by atoms with Gasteiger partial charge in [-0.1, -0.05) is 0 Å². The van der Waals surface area contributed by atoms with E-state index in [9.17, 15) is 26.3 Å². The molecule has 0 radical (unpaired) electrons. The molecular formula is C4Cl2F6N2. The first-order valence-electron chi connectivity index (χ1n) is 2.66. The van der Waals surface area contributed by atoms with E-state index in [4.69, 9.17) is 0 Å². The van der Waals surface area contributed by atoms with E-state index in [1.54, 1.807) is 9.98 Å². The molecule has 82 valence electrons. The van der Waals surface area contributed by atoms with Crippen LogP contribution in [0.4, 0.5) is 26.3 Å². The Bertz CT molecular complexity index is 236. The number of rotatable bonds is 3. The molecule has 0 unspecified atom stereocenters. The maximum atomic E-state index is 12.1. The molecule has 0 bridgehead atoms. The molecule has 0 atom stereocenters. The Balaban J connectivity index is 4.81. The molecule has 14 heavy (non-hydrogen) atoms. The summed E-state index contributed by atoms with van der Waals surface area (Å²) in [6.07, 6.45) is 0. The van der Waals surface area contributed by atoms with Crippen LogP contribution in [0.1, 0.15) is 0 Å². The zero-order valence-electron chi connectivity index (χ0n) is 5.92. The first kappa shape index (κ1) is 13.5. The second kappa shape index (κ2) is 4.35. The lowest BCUT2D eigenvalue weighted by molar-refractivity contribution is 0.104. The predicted octanol–water partition coefficient (Wildman–Crippen LogP) is 3.30. The normalized spacial score (nSPS) is 16.0.